The average Bonchev–Trinajstić information content (AvgIpc) is 3.08. The molecule has 1 aromatic heterocycles. The number of nitrogens with zero attached hydrogens (tertiary/aromatic N) is 5. The Bertz CT molecular complexity index is 568. The summed E-state index contributed by atoms with van der Waals surface area (Å²) in [7, 11) is 3.51. The first-order valence-electron chi connectivity index (χ1n) is 7.66. The molecule has 126 valence electrons. The fraction of sp³-hybridized carbons (Fsp3) is 0.667. The number of β-amino-alcohol motifs (C(OH)–C–C–N with tert-alkyl or cyclic N) is 1. The van der Waals surface area contributed by atoms with E-state index < -0.39 is 6.10 Å². The number of aliphatic hydroxyl groups is 1. The number of hydrogen-bond acceptors (Lipinski definition) is 6. The third-order valence-corrected chi connectivity index (χ3v) is 3.91. The van der Waals surface area contributed by atoms with Gasteiger partial charge in [-0.15, -0.1) is 0 Å². The highest BCUT2D eigenvalue weighted by atomic mass is 16.5. The Hall–Kier alpha value is -2.11. The van der Waals surface area contributed by atoms with Gasteiger partial charge in [0.1, 0.15) is 12.2 Å². The standard InChI is InChI=1S/C15H23N5O3/c1-18(6-3-5-16)15(22)4-7-20-10-13(21)14(11-20)23-12-8-17-19(2)9-12/h8-9,13-14,21H,3-4,6-7,10-11H2,1-2H3/t13-,14-/m1/s1. The highest BCUT2D eigenvalue weighted by Gasteiger charge is 2.33. The molecule has 23 heavy (non-hydrogen) atoms. The molecule has 1 aliphatic rings. The first-order chi connectivity index (χ1) is 11.0. The molecule has 0 bridgehead atoms. The van der Waals surface area contributed by atoms with Gasteiger partial charge in [0, 0.05) is 46.7 Å². The van der Waals surface area contributed by atoms with Gasteiger partial charge in [-0.1, -0.05) is 0 Å². The summed E-state index contributed by atoms with van der Waals surface area (Å²) in [6.45, 7) is 2.08. The molecule has 8 nitrogen and oxygen atoms in total. The summed E-state index contributed by atoms with van der Waals surface area (Å²) in [6.07, 6.45) is 3.18. The zero-order chi connectivity index (χ0) is 16.8. The summed E-state index contributed by atoms with van der Waals surface area (Å²) in [5, 5.41) is 22.7. The Kier molecular flexibility index (Phi) is 5.96. The number of likely N-dealkylation sites (tertiary alicyclic amines) is 1. The van der Waals surface area contributed by atoms with Crippen molar-refractivity contribution in [3.05, 3.63) is 12.4 Å². The van der Waals surface area contributed by atoms with Gasteiger partial charge < -0.3 is 14.7 Å². The molecular formula is C15H23N5O3. The van der Waals surface area contributed by atoms with Crippen LogP contribution in [0.3, 0.4) is 0 Å². The van der Waals surface area contributed by atoms with Crippen molar-refractivity contribution >= 4 is 5.91 Å². The van der Waals surface area contributed by atoms with Crippen LogP contribution in [0.5, 0.6) is 5.75 Å². The lowest BCUT2D eigenvalue weighted by Gasteiger charge is -2.19. The second-order valence-electron chi connectivity index (χ2n) is 5.81. The third kappa shape index (κ3) is 4.94. The molecule has 0 spiro atoms. The van der Waals surface area contributed by atoms with Crippen LogP contribution in [0.4, 0.5) is 0 Å². The van der Waals surface area contributed by atoms with E-state index in [4.69, 9.17) is 10.00 Å². The molecule has 2 rings (SSSR count). The van der Waals surface area contributed by atoms with Crippen molar-refractivity contribution in [2.45, 2.75) is 25.0 Å². The van der Waals surface area contributed by atoms with Crippen molar-refractivity contribution in [3.63, 3.8) is 0 Å². The Morgan fingerprint density at radius 1 is 1.61 bits per heavy atom. The van der Waals surface area contributed by atoms with Gasteiger partial charge in [0.25, 0.3) is 0 Å². The van der Waals surface area contributed by atoms with Gasteiger partial charge in [0.2, 0.25) is 5.91 Å². The normalized spacial score (nSPS) is 21.1. The number of aryl methyl sites for hydroxylation is 1. The van der Waals surface area contributed by atoms with Crippen molar-refractivity contribution in [2.24, 2.45) is 7.05 Å². The predicted octanol–water partition coefficient (Wildman–Crippen LogP) is -0.394. The summed E-state index contributed by atoms with van der Waals surface area (Å²) in [5.41, 5.74) is 0. The van der Waals surface area contributed by atoms with Gasteiger partial charge in [0.05, 0.1) is 24.9 Å². The maximum atomic E-state index is 11.9. The number of aliphatic hydroxyl groups excluding tert-OH is 1. The molecule has 1 N–H and O–H groups in total. The van der Waals surface area contributed by atoms with Crippen molar-refractivity contribution in [1.29, 1.82) is 5.26 Å². The lowest BCUT2D eigenvalue weighted by atomic mass is 10.3. The summed E-state index contributed by atoms with van der Waals surface area (Å²) in [6, 6.07) is 2.03. The number of carbonyl (C=O) groups excluding carboxylic acids is 1. The van der Waals surface area contributed by atoms with Crippen molar-refractivity contribution in [3.8, 4) is 11.8 Å². The summed E-state index contributed by atoms with van der Waals surface area (Å²) >= 11 is 0. The summed E-state index contributed by atoms with van der Waals surface area (Å²) < 4.78 is 7.38. The van der Waals surface area contributed by atoms with Crippen LogP contribution in [0, 0.1) is 11.3 Å². The van der Waals surface area contributed by atoms with Crippen molar-refractivity contribution in [1.82, 2.24) is 19.6 Å². The van der Waals surface area contributed by atoms with E-state index in [2.05, 4.69) is 5.10 Å². The Morgan fingerprint density at radius 2 is 2.39 bits per heavy atom. The quantitative estimate of drug-likeness (QED) is 0.735. The maximum Gasteiger partial charge on any atom is 0.223 e. The van der Waals surface area contributed by atoms with E-state index in [1.807, 2.05) is 11.0 Å². The number of ether oxygens (including phenoxy) is 1. The minimum absolute atomic E-state index is 0.00590. The van der Waals surface area contributed by atoms with Crippen LogP contribution in [-0.2, 0) is 11.8 Å². The number of rotatable bonds is 7. The van der Waals surface area contributed by atoms with Crippen molar-refractivity contribution < 1.29 is 14.6 Å². The van der Waals surface area contributed by atoms with E-state index in [1.165, 1.54) is 0 Å². The molecule has 0 aromatic carbocycles. The molecule has 1 fully saturated rings. The van der Waals surface area contributed by atoms with Gasteiger partial charge in [-0.05, 0) is 0 Å². The zero-order valence-electron chi connectivity index (χ0n) is 13.6. The van der Waals surface area contributed by atoms with Gasteiger partial charge in [-0.25, -0.2) is 0 Å². The van der Waals surface area contributed by atoms with Crippen LogP contribution in [-0.4, -0.2) is 76.0 Å². The molecule has 1 aromatic rings. The van der Waals surface area contributed by atoms with Gasteiger partial charge in [-0.3, -0.25) is 14.4 Å². The number of hydrogen-bond donors (Lipinski definition) is 1. The Balaban J connectivity index is 1.75. The Labute approximate surface area is 135 Å². The molecule has 1 saturated heterocycles. The molecule has 0 unspecified atom stereocenters. The second-order valence-corrected chi connectivity index (χ2v) is 5.81. The van der Waals surface area contributed by atoms with Crippen LogP contribution < -0.4 is 4.74 Å². The largest absolute Gasteiger partial charge is 0.483 e. The highest BCUT2D eigenvalue weighted by Crippen LogP contribution is 2.18. The minimum Gasteiger partial charge on any atom is -0.483 e. The topological polar surface area (TPSA) is 94.6 Å². The van der Waals surface area contributed by atoms with Gasteiger partial charge in [0.15, 0.2) is 5.75 Å². The van der Waals surface area contributed by atoms with Crippen LogP contribution in [0.2, 0.25) is 0 Å². The van der Waals surface area contributed by atoms with E-state index in [-0.39, 0.29) is 12.0 Å². The molecular weight excluding hydrogens is 298 g/mol. The molecule has 0 aliphatic carbocycles. The number of aromatic nitrogens is 2. The van der Waals surface area contributed by atoms with E-state index in [1.54, 1.807) is 36.1 Å². The fourth-order valence-corrected chi connectivity index (χ4v) is 2.55. The van der Waals surface area contributed by atoms with Crippen LogP contribution in [0.15, 0.2) is 12.4 Å². The Morgan fingerprint density at radius 3 is 3.04 bits per heavy atom. The number of amides is 1. The first kappa shape index (κ1) is 17.2. The van der Waals surface area contributed by atoms with Crippen LogP contribution in [0.25, 0.3) is 0 Å². The fourth-order valence-electron chi connectivity index (χ4n) is 2.55. The smallest absolute Gasteiger partial charge is 0.223 e. The lowest BCUT2D eigenvalue weighted by molar-refractivity contribution is -0.130. The van der Waals surface area contributed by atoms with E-state index in [9.17, 15) is 9.90 Å². The molecule has 0 radical (unpaired) electrons. The molecule has 1 amide bonds. The third-order valence-electron chi connectivity index (χ3n) is 3.91. The average molecular weight is 321 g/mol. The van der Waals surface area contributed by atoms with Gasteiger partial charge >= 0.3 is 0 Å². The molecule has 1 aliphatic heterocycles. The van der Waals surface area contributed by atoms with Crippen molar-refractivity contribution in [2.75, 3.05) is 33.2 Å². The number of nitriles is 1. The second kappa shape index (κ2) is 7.94. The number of carbonyl (C=O) groups is 1. The molecule has 0 saturated carbocycles. The maximum absolute atomic E-state index is 11.9. The summed E-state index contributed by atoms with van der Waals surface area (Å²) in [5.74, 6) is 0.636. The molecule has 2 atom stereocenters. The van der Waals surface area contributed by atoms with E-state index >= 15 is 0 Å². The molecule has 2 heterocycles. The van der Waals surface area contributed by atoms with E-state index in [0.29, 0.717) is 44.8 Å². The summed E-state index contributed by atoms with van der Waals surface area (Å²) in [4.78, 5) is 15.5. The van der Waals surface area contributed by atoms with Crippen LogP contribution >= 0.6 is 0 Å². The van der Waals surface area contributed by atoms with Crippen LogP contribution in [0.1, 0.15) is 12.8 Å². The lowest BCUT2D eigenvalue weighted by Crippen LogP contribution is -2.32. The SMILES string of the molecule is CN(CCC#N)C(=O)CCN1C[C@@H](O)[C@H](Oc2cnn(C)c2)C1. The molecule has 8 heteroatoms. The minimum atomic E-state index is -0.582. The first-order valence-corrected chi connectivity index (χ1v) is 7.66. The predicted molar refractivity (Wildman–Crippen MR) is 82.6 cm³/mol. The highest BCUT2D eigenvalue weighted by molar-refractivity contribution is 5.76. The monoisotopic (exact) mass is 321 g/mol. The van der Waals surface area contributed by atoms with Gasteiger partial charge in [-0.2, -0.15) is 10.4 Å². The zero-order valence-corrected chi connectivity index (χ0v) is 13.6. The van der Waals surface area contributed by atoms with E-state index in [0.717, 1.165) is 0 Å².